The standard InChI is InChI=1S/C16H18N4O3S2/c1-25(22,23)13-6-4-12(5-7-13)16(19-20-8-2-3-9-20)14(21)10-15-17-11-18-24-15/h4-7,11H,2-3,8-10H2,1H3/b19-16+. The highest BCUT2D eigenvalue weighted by molar-refractivity contribution is 7.90. The average molecular weight is 378 g/mol. The molecule has 0 saturated carbocycles. The molecule has 7 nitrogen and oxygen atoms in total. The first-order chi connectivity index (χ1) is 11.9. The second-order valence-corrected chi connectivity index (χ2v) is 8.72. The number of nitrogens with zero attached hydrogens (tertiary/aromatic N) is 4. The zero-order valence-electron chi connectivity index (χ0n) is 13.8. The normalized spacial score (nSPS) is 15.6. The first kappa shape index (κ1) is 17.7. The number of Topliss-reactive ketones (excluding diaryl/α,β-unsaturated/α-hetero) is 1. The Kier molecular flexibility index (Phi) is 5.24. The largest absolute Gasteiger partial charge is 0.296 e. The fourth-order valence-corrected chi connectivity index (χ4v) is 3.71. The first-order valence-corrected chi connectivity index (χ1v) is 10.5. The van der Waals surface area contributed by atoms with Gasteiger partial charge in [0, 0.05) is 24.9 Å². The van der Waals surface area contributed by atoms with E-state index in [1.807, 2.05) is 5.01 Å². The van der Waals surface area contributed by atoms with E-state index in [0.717, 1.165) is 32.2 Å². The molecule has 0 atom stereocenters. The van der Waals surface area contributed by atoms with Crippen molar-refractivity contribution in [3.63, 3.8) is 0 Å². The Morgan fingerprint density at radius 2 is 1.92 bits per heavy atom. The van der Waals surface area contributed by atoms with Gasteiger partial charge < -0.3 is 0 Å². The van der Waals surface area contributed by atoms with E-state index in [1.165, 1.54) is 30.0 Å². The number of ketones is 1. The van der Waals surface area contributed by atoms with Gasteiger partial charge in [-0.25, -0.2) is 13.4 Å². The summed E-state index contributed by atoms with van der Waals surface area (Å²) in [5, 5.41) is 7.04. The molecule has 0 radical (unpaired) electrons. The van der Waals surface area contributed by atoms with Crippen LogP contribution in [0.4, 0.5) is 0 Å². The van der Waals surface area contributed by atoms with Crippen LogP contribution in [0.2, 0.25) is 0 Å². The Labute approximate surface area is 150 Å². The van der Waals surface area contributed by atoms with E-state index in [1.54, 1.807) is 12.1 Å². The molecule has 132 valence electrons. The van der Waals surface area contributed by atoms with Crippen LogP contribution in [0, 0.1) is 0 Å². The highest BCUT2D eigenvalue weighted by Gasteiger charge is 2.20. The first-order valence-electron chi connectivity index (χ1n) is 7.86. The van der Waals surface area contributed by atoms with E-state index in [9.17, 15) is 13.2 Å². The summed E-state index contributed by atoms with van der Waals surface area (Å²) in [5.74, 6) is -0.157. The molecule has 2 heterocycles. The Morgan fingerprint density at radius 1 is 1.24 bits per heavy atom. The number of sulfone groups is 1. The summed E-state index contributed by atoms with van der Waals surface area (Å²) < 4.78 is 27.1. The lowest BCUT2D eigenvalue weighted by Gasteiger charge is -2.14. The van der Waals surface area contributed by atoms with Crippen molar-refractivity contribution in [1.29, 1.82) is 0 Å². The highest BCUT2D eigenvalue weighted by atomic mass is 32.2. The molecule has 1 aromatic heterocycles. The molecule has 1 saturated heterocycles. The molecule has 0 unspecified atom stereocenters. The Morgan fingerprint density at radius 3 is 2.48 bits per heavy atom. The molecular weight excluding hydrogens is 360 g/mol. The molecular formula is C16H18N4O3S2. The lowest BCUT2D eigenvalue weighted by atomic mass is 10.0. The number of hydrazone groups is 1. The van der Waals surface area contributed by atoms with Crippen molar-refractivity contribution in [2.24, 2.45) is 5.10 Å². The van der Waals surface area contributed by atoms with Gasteiger partial charge >= 0.3 is 0 Å². The van der Waals surface area contributed by atoms with Gasteiger partial charge in [-0.15, -0.1) is 0 Å². The van der Waals surface area contributed by atoms with Crippen LogP contribution < -0.4 is 0 Å². The lowest BCUT2D eigenvalue weighted by molar-refractivity contribution is -0.112. The molecule has 9 heteroatoms. The van der Waals surface area contributed by atoms with Crippen molar-refractivity contribution >= 4 is 32.9 Å². The minimum atomic E-state index is -3.28. The molecule has 25 heavy (non-hydrogen) atoms. The molecule has 0 N–H and O–H groups in total. The molecule has 1 aliphatic rings. The van der Waals surface area contributed by atoms with E-state index in [0.29, 0.717) is 16.3 Å². The maximum Gasteiger partial charge on any atom is 0.190 e. The van der Waals surface area contributed by atoms with Crippen LogP contribution in [0.5, 0.6) is 0 Å². The third kappa shape index (κ3) is 4.49. The van der Waals surface area contributed by atoms with E-state index < -0.39 is 9.84 Å². The zero-order chi connectivity index (χ0) is 17.9. The quantitative estimate of drug-likeness (QED) is 0.708. The number of aromatic nitrogens is 2. The van der Waals surface area contributed by atoms with Gasteiger partial charge in [0.15, 0.2) is 15.6 Å². The summed E-state index contributed by atoms with van der Waals surface area (Å²) in [6.45, 7) is 1.63. The maximum absolute atomic E-state index is 12.7. The SMILES string of the molecule is CS(=O)(=O)c1ccc(/C(=N\N2CCCC2)C(=O)Cc2ncns2)cc1. The van der Waals surface area contributed by atoms with Crippen molar-refractivity contribution in [3.8, 4) is 0 Å². The number of carbonyl (C=O) groups excluding carboxylic acids is 1. The van der Waals surface area contributed by atoms with Gasteiger partial charge in [0.05, 0.1) is 11.3 Å². The smallest absolute Gasteiger partial charge is 0.190 e. The fourth-order valence-electron chi connectivity index (χ4n) is 2.57. The number of hydrogen-bond donors (Lipinski definition) is 0. The van der Waals surface area contributed by atoms with Gasteiger partial charge in [0.25, 0.3) is 0 Å². The second-order valence-electron chi connectivity index (χ2n) is 5.84. The molecule has 0 amide bonds. The topological polar surface area (TPSA) is 92.6 Å². The van der Waals surface area contributed by atoms with Crippen LogP contribution in [-0.4, -0.2) is 53.6 Å². The molecule has 1 aromatic carbocycles. The zero-order valence-corrected chi connectivity index (χ0v) is 15.4. The van der Waals surface area contributed by atoms with E-state index in [-0.39, 0.29) is 17.1 Å². The fraction of sp³-hybridized carbons (Fsp3) is 0.375. The Hall–Kier alpha value is -2.13. The summed E-state index contributed by atoms with van der Waals surface area (Å²) in [7, 11) is -3.28. The number of carbonyl (C=O) groups is 1. The van der Waals surface area contributed by atoms with Crippen LogP contribution >= 0.6 is 11.5 Å². The van der Waals surface area contributed by atoms with Crippen LogP contribution in [0.1, 0.15) is 23.4 Å². The summed E-state index contributed by atoms with van der Waals surface area (Å²) in [6, 6.07) is 6.26. The number of rotatable bonds is 6. The van der Waals surface area contributed by atoms with Crippen molar-refractivity contribution in [2.45, 2.75) is 24.2 Å². The maximum atomic E-state index is 12.7. The third-order valence-electron chi connectivity index (χ3n) is 3.86. The average Bonchev–Trinajstić information content (AvgIpc) is 3.25. The Balaban J connectivity index is 1.91. The molecule has 0 aliphatic carbocycles. The minimum Gasteiger partial charge on any atom is -0.296 e. The van der Waals surface area contributed by atoms with Gasteiger partial charge in [-0.1, -0.05) is 12.1 Å². The van der Waals surface area contributed by atoms with E-state index in [4.69, 9.17) is 0 Å². The van der Waals surface area contributed by atoms with Crippen LogP contribution in [0.15, 0.2) is 40.6 Å². The lowest BCUT2D eigenvalue weighted by Crippen LogP contribution is -2.23. The molecule has 1 aliphatic heterocycles. The van der Waals surface area contributed by atoms with Crippen LogP contribution in [0.3, 0.4) is 0 Å². The summed E-state index contributed by atoms with van der Waals surface area (Å²) >= 11 is 1.18. The van der Waals surface area contributed by atoms with E-state index >= 15 is 0 Å². The van der Waals surface area contributed by atoms with Crippen molar-refractivity contribution in [2.75, 3.05) is 19.3 Å². The van der Waals surface area contributed by atoms with Crippen molar-refractivity contribution < 1.29 is 13.2 Å². The van der Waals surface area contributed by atoms with Crippen molar-refractivity contribution in [1.82, 2.24) is 14.4 Å². The van der Waals surface area contributed by atoms with Crippen LogP contribution in [0.25, 0.3) is 0 Å². The third-order valence-corrected chi connectivity index (χ3v) is 5.65. The van der Waals surface area contributed by atoms with Crippen molar-refractivity contribution in [3.05, 3.63) is 41.2 Å². The summed E-state index contributed by atoms with van der Waals surface area (Å²) in [4.78, 5) is 17.0. The summed E-state index contributed by atoms with van der Waals surface area (Å²) in [5.41, 5.74) is 0.936. The van der Waals surface area contributed by atoms with Gasteiger partial charge in [-0.05, 0) is 36.5 Å². The Bertz CT molecular complexity index is 869. The predicted octanol–water partition coefficient (Wildman–Crippen LogP) is 1.55. The highest BCUT2D eigenvalue weighted by Crippen LogP contribution is 2.15. The van der Waals surface area contributed by atoms with Gasteiger partial charge in [-0.2, -0.15) is 9.47 Å². The van der Waals surface area contributed by atoms with Gasteiger partial charge in [0.2, 0.25) is 0 Å². The predicted molar refractivity (Wildman–Crippen MR) is 95.5 cm³/mol. The molecule has 3 rings (SSSR count). The molecule has 0 bridgehead atoms. The molecule has 0 spiro atoms. The van der Waals surface area contributed by atoms with Gasteiger partial charge in [-0.3, -0.25) is 9.80 Å². The molecule has 2 aromatic rings. The molecule has 1 fully saturated rings. The minimum absolute atomic E-state index is 0.130. The number of hydrogen-bond acceptors (Lipinski definition) is 8. The number of benzene rings is 1. The summed E-state index contributed by atoms with van der Waals surface area (Å²) in [6.07, 6.45) is 4.81. The van der Waals surface area contributed by atoms with Crippen LogP contribution in [-0.2, 0) is 21.1 Å². The van der Waals surface area contributed by atoms with E-state index in [2.05, 4.69) is 14.5 Å². The monoisotopic (exact) mass is 378 g/mol. The van der Waals surface area contributed by atoms with Gasteiger partial charge in [0.1, 0.15) is 17.0 Å². The second kappa shape index (κ2) is 7.40.